The van der Waals surface area contributed by atoms with Crippen molar-refractivity contribution in [3.05, 3.63) is 42.0 Å². The highest BCUT2D eigenvalue weighted by atomic mass is 32.2. The van der Waals surface area contributed by atoms with Crippen molar-refractivity contribution in [2.24, 2.45) is 0 Å². The lowest BCUT2D eigenvalue weighted by Crippen LogP contribution is -2.35. The second kappa shape index (κ2) is 9.50. The minimum absolute atomic E-state index is 0.132. The number of nitrogens with zero attached hydrogens (tertiary/aromatic N) is 2. The van der Waals surface area contributed by atoms with Crippen LogP contribution in [0.5, 0.6) is 5.75 Å². The van der Waals surface area contributed by atoms with E-state index < -0.39 is 22.0 Å². The van der Waals surface area contributed by atoms with Crippen molar-refractivity contribution < 1.29 is 22.7 Å². The number of hydrogen-bond acceptors (Lipinski definition) is 6. The maximum absolute atomic E-state index is 13.5. The molecule has 0 bridgehead atoms. The van der Waals surface area contributed by atoms with Crippen molar-refractivity contribution in [1.82, 2.24) is 4.31 Å². The fourth-order valence-electron chi connectivity index (χ4n) is 4.83. The largest absolute Gasteiger partial charge is 0.479 e. The lowest BCUT2D eigenvalue weighted by atomic mass is 10.1. The molecule has 2 aromatic rings. The zero-order valence-corrected chi connectivity index (χ0v) is 20.6. The van der Waals surface area contributed by atoms with Crippen LogP contribution in [-0.2, 0) is 14.8 Å². The maximum Gasteiger partial charge on any atom is 0.265 e. The molecule has 0 aromatic heterocycles. The fraction of sp³-hybridized carbons (Fsp3) is 0.440. The number of ether oxygens (including phenoxy) is 1. The first-order valence-electron chi connectivity index (χ1n) is 12.1. The molecule has 0 radical (unpaired) electrons. The van der Waals surface area contributed by atoms with Crippen molar-refractivity contribution in [3.8, 4) is 5.75 Å². The molecule has 5 rings (SSSR count). The van der Waals surface area contributed by atoms with E-state index in [4.69, 9.17) is 4.74 Å². The molecule has 35 heavy (non-hydrogen) atoms. The molecule has 2 saturated heterocycles. The third-order valence-electron chi connectivity index (χ3n) is 6.78. The van der Waals surface area contributed by atoms with E-state index >= 15 is 0 Å². The summed E-state index contributed by atoms with van der Waals surface area (Å²) < 4.78 is 33.7. The molecule has 2 aromatic carbocycles. The van der Waals surface area contributed by atoms with Crippen molar-refractivity contribution in [3.63, 3.8) is 0 Å². The molecule has 9 nitrogen and oxygen atoms in total. The predicted molar refractivity (Wildman–Crippen MR) is 134 cm³/mol. The molecule has 0 spiro atoms. The van der Waals surface area contributed by atoms with Crippen molar-refractivity contribution in [2.45, 2.75) is 50.0 Å². The van der Waals surface area contributed by atoms with Gasteiger partial charge in [0.2, 0.25) is 10.0 Å². The summed E-state index contributed by atoms with van der Waals surface area (Å²) in [5.41, 5.74) is 1.99. The monoisotopic (exact) mass is 498 g/mol. The second-order valence-electron chi connectivity index (χ2n) is 9.25. The number of benzene rings is 2. The molecular weight excluding hydrogens is 468 g/mol. The summed E-state index contributed by atoms with van der Waals surface area (Å²) in [5, 5.41) is 5.65. The van der Waals surface area contributed by atoms with Crippen molar-refractivity contribution in [2.75, 3.05) is 41.7 Å². The Morgan fingerprint density at radius 1 is 1.00 bits per heavy atom. The predicted octanol–water partition coefficient (Wildman–Crippen LogP) is 3.43. The number of amides is 2. The minimum Gasteiger partial charge on any atom is -0.479 e. The maximum atomic E-state index is 13.5. The highest BCUT2D eigenvalue weighted by Gasteiger charge is 2.29. The summed E-state index contributed by atoms with van der Waals surface area (Å²) in [6.07, 6.45) is 4.18. The zero-order chi connectivity index (χ0) is 24.6. The van der Waals surface area contributed by atoms with Crippen LogP contribution < -0.4 is 20.3 Å². The molecule has 186 valence electrons. The molecule has 3 aliphatic heterocycles. The van der Waals surface area contributed by atoms with Gasteiger partial charge in [-0.3, -0.25) is 9.59 Å². The molecule has 1 unspecified atom stereocenters. The number of anilines is 3. The van der Waals surface area contributed by atoms with Crippen LogP contribution in [0.1, 0.15) is 49.4 Å². The number of nitrogens with one attached hydrogen (secondary N) is 2. The Kier molecular flexibility index (Phi) is 6.41. The molecule has 0 aliphatic carbocycles. The van der Waals surface area contributed by atoms with Crippen LogP contribution in [0.4, 0.5) is 17.1 Å². The van der Waals surface area contributed by atoms with E-state index in [-0.39, 0.29) is 10.8 Å². The number of rotatable bonds is 5. The molecule has 10 heteroatoms. The molecule has 1 atom stereocenters. The van der Waals surface area contributed by atoms with Gasteiger partial charge in [0.1, 0.15) is 5.75 Å². The van der Waals surface area contributed by atoms with Gasteiger partial charge in [0.15, 0.2) is 6.10 Å². The molecule has 3 aliphatic rings. The smallest absolute Gasteiger partial charge is 0.265 e. The van der Waals surface area contributed by atoms with Gasteiger partial charge in [0.25, 0.3) is 11.8 Å². The van der Waals surface area contributed by atoms with Crippen LogP contribution in [0.15, 0.2) is 41.3 Å². The van der Waals surface area contributed by atoms with Gasteiger partial charge in [-0.05, 0) is 69.0 Å². The third-order valence-corrected chi connectivity index (χ3v) is 8.68. The lowest BCUT2D eigenvalue weighted by molar-refractivity contribution is -0.122. The third kappa shape index (κ3) is 4.72. The van der Waals surface area contributed by atoms with Crippen molar-refractivity contribution >= 4 is 38.9 Å². The Balaban J connectivity index is 1.46. The first kappa shape index (κ1) is 23.6. The highest BCUT2D eigenvalue weighted by molar-refractivity contribution is 7.89. The molecule has 3 heterocycles. The first-order valence-corrected chi connectivity index (χ1v) is 13.6. The average Bonchev–Trinajstić information content (AvgIpc) is 3.40. The number of carbonyl (C=O) groups is 2. The Morgan fingerprint density at radius 2 is 1.71 bits per heavy atom. The van der Waals surface area contributed by atoms with E-state index in [1.54, 1.807) is 37.3 Å². The normalized spacial score (nSPS) is 20.7. The van der Waals surface area contributed by atoms with Gasteiger partial charge >= 0.3 is 0 Å². The van der Waals surface area contributed by atoms with E-state index in [9.17, 15) is 18.0 Å². The van der Waals surface area contributed by atoms with Gasteiger partial charge in [-0.15, -0.1) is 0 Å². The molecular formula is C25H30N4O5S. The van der Waals surface area contributed by atoms with Crippen LogP contribution in [0.25, 0.3) is 0 Å². The standard InChI is InChI=1S/C25H30N4O5S/c1-17-24(30)27-21-15-18(7-10-23(21)34-17)26-25(31)20-16-19(8-9-22(20)28-11-5-6-12-28)35(32,33)29-13-3-2-4-14-29/h7-10,15-17H,2-6,11-14H2,1H3,(H,26,31)(H,27,30). The lowest BCUT2D eigenvalue weighted by Gasteiger charge is -2.27. The quantitative estimate of drug-likeness (QED) is 0.654. The Morgan fingerprint density at radius 3 is 2.46 bits per heavy atom. The van der Waals surface area contributed by atoms with E-state index in [1.807, 2.05) is 0 Å². The zero-order valence-electron chi connectivity index (χ0n) is 19.7. The van der Waals surface area contributed by atoms with Crippen LogP contribution in [-0.4, -0.2) is 56.8 Å². The fourth-order valence-corrected chi connectivity index (χ4v) is 6.37. The van der Waals surface area contributed by atoms with Crippen molar-refractivity contribution in [1.29, 1.82) is 0 Å². The summed E-state index contributed by atoms with van der Waals surface area (Å²) in [5.74, 6) is -0.130. The van der Waals surface area contributed by atoms with Crippen LogP contribution in [0.3, 0.4) is 0 Å². The number of carbonyl (C=O) groups excluding carboxylic acids is 2. The van der Waals surface area contributed by atoms with Gasteiger partial charge < -0.3 is 20.3 Å². The summed E-state index contributed by atoms with van der Waals surface area (Å²) in [6.45, 7) is 4.30. The Labute approximate surface area is 205 Å². The van der Waals surface area contributed by atoms with Crippen LogP contribution in [0, 0.1) is 0 Å². The molecule has 0 saturated carbocycles. The number of sulfonamides is 1. The molecule has 2 N–H and O–H groups in total. The Hall–Kier alpha value is -3.11. The van der Waals surface area contributed by atoms with E-state index in [0.717, 1.165) is 50.9 Å². The second-order valence-corrected chi connectivity index (χ2v) is 11.2. The SMILES string of the molecule is CC1Oc2ccc(NC(=O)c3cc(S(=O)(=O)N4CCCCC4)ccc3N3CCCC3)cc2NC1=O. The highest BCUT2D eigenvalue weighted by Crippen LogP contribution is 2.34. The van der Waals surface area contributed by atoms with Gasteiger partial charge in [-0.1, -0.05) is 6.42 Å². The van der Waals surface area contributed by atoms with E-state index in [1.165, 1.54) is 10.4 Å². The number of fused-ring (bicyclic) bond motifs is 1. The topological polar surface area (TPSA) is 108 Å². The van der Waals surface area contributed by atoms with Crippen LogP contribution >= 0.6 is 0 Å². The average molecular weight is 499 g/mol. The van der Waals surface area contributed by atoms with E-state index in [2.05, 4.69) is 15.5 Å². The van der Waals surface area contributed by atoms with Crippen LogP contribution in [0.2, 0.25) is 0 Å². The Bertz CT molecular complexity index is 1250. The molecule has 2 fully saturated rings. The van der Waals surface area contributed by atoms with Gasteiger partial charge in [-0.25, -0.2) is 8.42 Å². The first-order chi connectivity index (χ1) is 16.8. The minimum atomic E-state index is -3.68. The summed E-state index contributed by atoms with van der Waals surface area (Å²) >= 11 is 0. The van der Waals surface area contributed by atoms with Gasteiger partial charge in [0.05, 0.1) is 16.1 Å². The number of piperidine rings is 1. The van der Waals surface area contributed by atoms with Gasteiger partial charge in [-0.2, -0.15) is 4.31 Å². The molecule has 2 amide bonds. The number of hydrogen-bond donors (Lipinski definition) is 2. The van der Waals surface area contributed by atoms with Gasteiger partial charge in [0, 0.05) is 37.6 Å². The summed E-state index contributed by atoms with van der Waals surface area (Å²) in [4.78, 5) is 27.7. The summed E-state index contributed by atoms with van der Waals surface area (Å²) in [7, 11) is -3.68. The summed E-state index contributed by atoms with van der Waals surface area (Å²) in [6, 6.07) is 9.89. The van der Waals surface area contributed by atoms with E-state index in [0.29, 0.717) is 35.8 Å².